The van der Waals surface area contributed by atoms with E-state index in [2.05, 4.69) is 18.2 Å². The van der Waals surface area contributed by atoms with E-state index in [0.29, 0.717) is 5.78 Å². The van der Waals surface area contributed by atoms with Crippen molar-refractivity contribution in [1.29, 1.82) is 0 Å². The van der Waals surface area contributed by atoms with Crippen LogP contribution in [-0.4, -0.2) is 5.78 Å². The summed E-state index contributed by atoms with van der Waals surface area (Å²) in [5.41, 5.74) is 3.17. The number of hydrogen-bond donors (Lipinski definition) is 0. The highest BCUT2D eigenvalue weighted by atomic mass is 16.1. The first-order chi connectivity index (χ1) is 9.34. The molecule has 0 heterocycles. The molecule has 1 nitrogen and oxygen atoms in total. The Morgan fingerprint density at radius 3 is 2.26 bits per heavy atom. The Morgan fingerprint density at radius 1 is 0.842 bits per heavy atom. The van der Waals surface area contributed by atoms with Gasteiger partial charge < -0.3 is 0 Å². The molecule has 2 aromatic carbocycles. The van der Waals surface area contributed by atoms with Gasteiger partial charge in [-0.25, -0.2) is 0 Å². The normalized spacial score (nSPS) is 15.6. The van der Waals surface area contributed by atoms with Gasteiger partial charge in [-0.15, -0.1) is 0 Å². The molecule has 1 heteroatoms. The minimum absolute atomic E-state index is 0.256. The third-order valence-corrected chi connectivity index (χ3v) is 3.98. The van der Waals surface area contributed by atoms with E-state index < -0.39 is 0 Å². The molecular weight excluding hydrogens is 232 g/mol. The lowest BCUT2D eigenvalue weighted by Crippen LogP contribution is -2.10. The van der Waals surface area contributed by atoms with E-state index in [4.69, 9.17) is 0 Å². The monoisotopic (exact) mass is 250 g/mol. The Hall–Kier alpha value is -1.89. The summed E-state index contributed by atoms with van der Waals surface area (Å²) < 4.78 is 0. The summed E-state index contributed by atoms with van der Waals surface area (Å²) >= 11 is 0. The summed E-state index contributed by atoms with van der Waals surface area (Å²) in [5, 5.41) is 0. The number of rotatable bonds is 3. The van der Waals surface area contributed by atoms with Crippen molar-refractivity contribution >= 4 is 5.78 Å². The van der Waals surface area contributed by atoms with Gasteiger partial charge in [0, 0.05) is 11.5 Å². The SMILES string of the molecule is O=C(c1cccc(-c2ccccc2)c1)C1CCCC1. The summed E-state index contributed by atoms with van der Waals surface area (Å²) in [4.78, 5) is 12.4. The van der Waals surface area contributed by atoms with Crippen LogP contribution < -0.4 is 0 Å². The number of benzene rings is 2. The van der Waals surface area contributed by atoms with Crippen molar-refractivity contribution in [3.63, 3.8) is 0 Å². The molecule has 0 spiro atoms. The van der Waals surface area contributed by atoms with E-state index in [1.54, 1.807) is 0 Å². The van der Waals surface area contributed by atoms with Gasteiger partial charge in [-0.2, -0.15) is 0 Å². The summed E-state index contributed by atoms with van der Waals surface area (Å²) in [5.74, 6) is 0.585. The number of ketones is 1. The van der Waals surface area contributed by atoms with E-state index in [-0.39, 0.29) is 5.92 Å². The standard InChI is InChI=1S/C18H18O/c19-18(15-9-4-5-10-15)17-12-6-11-16(13-17)14-7-2-1-3-8-14/h1-3,6-8,11-13,15H,4-5,9-10H2. The maximum absolute atomic E-state index is 12.4. The van der Waals surface area contributed by atoms with Crippen LogP contribution >= 0.6 is 0 Å². The van der Waals surface area contributed by atoms with E-state index in [9.17, 15) is 4.79 Å². The first-order valence-corrected chi connectivity index (χ1v) is 7.04. The molecule has 1 saturated carbocycles. The van der Waals surface area contributed by atoms with Crippen LogP contribution in [0, 0.1) is 5.92 Å². The van der Waals surface area contributed by atoms with E-state index in [1.165, 1.54) is 18.4 Å². The Bertz CT molecular complexity index is 565. The first kappa shape index (κ1) is 12.2. The molecule has 0 bridgehead atoms. The molecule has 0 unspecified atom stereocenters. The summed E-state index contributed by atoms with van der Waals surface area (Å²) in [7, 11) is 0. The largest absolute Gasteiger partial charge is 0.294 e. The predicted octanol–water partition coefficient (Wildman–Crippen LogP) is 4.73. The molecular formula is C18H18O. The molecule has 0 aromatic heterocycles. The number of Topliss-reactive ketones (excluding diaryl/α,β-unsaturated/α-hetero) is 1. The van der Waals surface area contributed by atoms with Crippen molar-refractivity contribution in [3.8, 4) is 11.1 Å². The summed E-state index contributed by atoms with van der Waals surface area (Å²) in [6.45, 7) is 0. The molecule has 0 atom stereocenters. The Morgan fingerprint density at radius 2 is 1.53 bits per heavy atom. The lowest BCUT2D eigenvalue weighted by atomic mass is 9.94. The van der Waals surface area contributed by atoms with Crippen LogP contribution in [0.2, 0.25) is 0 Å². The Labute approximate surface area is 114 Å². The smallest absolute Gasteiger partial charge is 0.165 e. The molecule has 1 aliphatic rings. The Kier molecular flexibility index (Phi) is 3.45. The van der Waals surface area contributed by atoms with Crippen molar-refractivity contribution in [1.82, 2.24) is 0 Å². The van der Waals surface area contributed by atoms with Crippen LogP contribution in [0.1, 0.15) is 36.0 Å². The van der Waals surface area contributed by atoms with E-state index in [0.717, 1.165) is 24.0 Å². The fraction of sp³-hybridized carbons (Fsp3) is 0.278. The average molecular weight is 250 g/mol. The quantitative estimate of drug-likeness (QED) is 0.720. The predicted molar refractivity (Wildman–Crippen MR) is 78.2 cm³/mol. The summed E-state index contributed by atoms with van der Waals surface area (Å²) in [6.07, 6.45) is 4.53. The van der Waals surface area contributed by atoms with Crippen LogP contribution in [0.4, 0.5) is 0 Å². The third kappa shape index (κ3) is 2.60. The van der Waals surface area contributed by atoms with Gasteiger partial charge >= 0.3 is 0 Å². The van der Waals surface area contributed by atoms with Crippen molar-refractivity contribution in [2.45, 2.75) is 25.7 Å². The highest BCUT2D eigenvalue weighted by Gasteiger charge is 2.23. The number of carbonyl (C=O) groups excluding carboxylic acids is 1. The van der Waals surface area contributed by atoms with Crippen molar-refractivity contribution < 1.29 is 4.79 Å². The highest BCUT2D eigenvalue weighted by Crippen LogP contribution is 2.29. The maximum Gasteiger partial charge on any atom is 0.165 e. The molecule has 96 valence electrons. The minimum atomic E-state index is 0.256. The van der Waals surface area contributed by atoms with Crippen LogP contribution in [0.25, 0.3) is 11.1 Å². The maximum atomic E-state index is 12.4. The topological polar surface area (TPSA) is 17.1 Å². The molecule has 3 rings (SSSR count). The zero-order chi connectivity index (χ0) is 13.1. The molecule has 0 aliphatic heterocycles. The van der Waals surface area contributed by atoms with Crippen LogP contribution in [0.5, 0.6) is 0 Å². The van der Waals surface area contributed by atoms with Crippen molar-refractivity contribution in [2.75, 3.05) is 0 Å². The second-order valence-electron chi connectivity index (χ2n) is 5.29. The molecule has 0 N–H and O–H groups in total. The fourth-order valence-electron chi connectivity index (χ4n) is 2.91. The second kappa shape index (κ2) is 5.40. The lowest BCUT2D eigenvalue weighted by molar-refractivity contribution is 0.0923. The van der Waals surface area contributed by atoms with Gasteiger partial charge in [0.1, 0.15) is 0 Å². The fourth-order valence-corrected chi connectivity index (χ4v) is 2.91. The van der Waals surface area contributed by atoms with E-state index >= 15 is 0 Å². The third-order valence-electron chi connectivity index (χ3n) is 3.98. The van der Waals surface area contributed by atoms with Crippen molar-refractivity contribution in [2.24, 2.45) is 5.92 Å². The average Bonchev–Trinajstić information content (AvgIpc) is 3.02. The zero-order valence-electron chi connectivity index (χ0n) is 11.0. The molecule has 0 amide bonds. The second-order valence-corrected chi connectivity index (χ2v) is 5.29. The van der Waals surface area contributed by atoms with Gasteiger partial charge in [0.25, 0.3) is 0 Å². The van der Waals surface area contributed by atoms with Crippen LogP contribution in [-0.2, 0) is 0 Å². The van der Waals surface area contributed by atoms with Crippen LogP contribution in [0.3, 0.4) is 0 Å². The van der Waals surface area contributed by atoms with Gasteiger partial charge in [0.2, 0.25) is 0 Å². The van der Waals surface area contributed by atoms with Gasteiger partial charge in [0.15, 0.2) is 5.78 Å². The molecule has 0 saturated heterocycles. The van der Waals surface area contributed by atoms with Gasteiger partial charge in [-0.05, 0) is 30.0 Å². The molecule has 0 radical (unpaired) electrons. The number of hydrogen-bond acceptors (Lipinski definition) is 1. The zero-order valence-corrected chi connectivity index (χ0v) is 11.0. The minimum Gasteiger partial charge on any atom is -0.294 e. The van der Waals surface area contributed by atoms with Crippen LogP contribution in [0.15, 0.2) is 54.6 Å². The molecule has 19 heavy (non-hydrogen) atoms. The summed E-state index contributed by atoms with van der Waals surface area (Å²) in [6, 6.07) is 18.3. The van der Waals surface area contributed by atoms with Gasteiger partial charge in [-0.1, -0.05) is 61.4 Å². The number of carbonyl (C=O) groups is 1. The first-order valence-electron chi connectivity index (χ1n) is 7.04. The van der Waals surface area contributed by atoms with Gasteiger partial charge in [-0.3, -0.25) is 4.79 Å². The molecule has 1 aliphatic carbocycles. The van der Waals surface area contributed by atoms with E-state index in [1.807, 2.05) is 36.4 Å². The van der Waals surface area contributed by atoms with Gasteiger partial charge in [0.05, 0.1) is 0 Å². The highest BCUT2D eigenvalue weighted by molar-refractivity contribution is 5.99. The Balaban J connectivity index is 1.89. The molecule has 2 aromatic rings. The van der Waals surface area contributed by atoms with Crippen molar-refractivity contribution in [3.05, 3.63) is 60.2 Å². The molecule has 1 fully saturated rings. The lowest BCUT2D eigenvalue weighted by Gasteiger charge is -2.09.